The molecule has 92 valence electrons. The first-order valence-electron chi connectivity index (χ1n) is 6.03. The van der Waals surface area contributed by atoms with Crippen LogP contribution in [0.2, 0.25) is 0 Å². The van der Waals surface area contributed by atoms with Crippen LogP contribution in [-0.2, 0) is 16.2 Å². The molecule has 1 aliphatic rings. The molecular formula is C13H18N2O2. The van der Waals surface area contributed by atoms with Gasteiger partial charge in [0.1, 0.15) is 6.61 Å². The molecule has 1 unspecified atom stereocenters. The number of carbonyl (C=O) groups is 1. The molecule has 0 aromatic heterocycles. The highest BCUT2D eigenvalue weighted by Crippen LogP contribution is 2.13. The Morgan fingerprint density at radius 1 is 1.41 bits per heavy atom. The van der Waals surface area contributed by atoms with E-state index in [0.29, 0.717) is 13.2 Å². The summed E-state index contributed by atoms with van der Waals surface area (Å²) >= 11 is 0. The number of rotatable bonds is 5. The number of benzene rings is 1. The minimum Gasteiger partial charge on any atom is -0.306 e. The van der Waals surface area contributed by atoms with Gasteiger partial charge in [0.2, 0.25) is 0 Å². The fraction of sp³-hybridized carbons (Fsp3) is 0.462. The Bertz CT molecular complexity index is 367. The van der Waals surface area contributed by atoms with E-state index in [1.807, 2.05) is 37.3 Å². The van der Waals surface area contributed by atoms with Gasteiger partial charge in [-0.05, 0) is 18.5 Å². The summed E-state index contributed by atoms with van der Waals surface area (Å²) in [4.78, 5) is 17.4. The quantitative estimate of drug-likeness (QED) is 0.835. The van der Waals surface area contributed by atoms with E-state index in [1.54, 1.807) is 0 Å². The van der Waals surface area contributed by atoms with E-state index >= 15 is 0 Å². The Kier molecular flexibility index (Phi) is 4.12. The Labute approximate surface area is 102 Å². The van der Waals surface area contributed by atoms with Crippen molar-refractivity contribution in [1.29, 1.82) is 0 Å². The first-order valence-corrected chi connectivity index (χ1v) is 6.03. The lowest BCUT2D eigenvalue weighted by atomic mass is 10.2. The van der Waals surface area contributed by atoms with Gasteiger partial charge < -0.3 is 5.32 Å². The second-order valence-electron chi connectivity index (χ2n) is 4.10. The monoisotopic (exact) mass is 234 g/mol. The van der Waals surface area contributed by atoms with Crippen molar-refractivity contribution in [2.75, 3.05) is 13.1 Å². The van der Waals surface area contributed by atoms with Crippen molar-refractivity contribution >= 4 is 5.91 Å². The van der Waals surface area contributed by atoms with Crippen molar-refractivity contribution in [1.82, 2.24) is 10.4 Å². The molecule has 1 saturated heterocycles. The van der Waals surface area contributed by atoms with Gasteiger partial charge in [-0.1, -0.05) is 37.3 Å². The van der Waals surface area contributed by atoms with Gasteiger partial charge in [0, 0.05) is 0 Å². The summed E-state index contributed by atoms with van der Waals surface area (Å²) < 4.78 is 0. The zero-order valence-corrected chi connectivity index (χ0v) is 10.1. The molecule has 1 aliphatic heterocycles. The summed E-state index contributed by atoms with van der Waals surface area (Å²) in [5.41, 5.74) is 1.08. The van der Waals surface area contributed by atoms with Crippen LogP contribution in [0.25, 0.3) is 0 Å². The maximum Gasteiger partial charge on any atom is 0.263 e. The molecule has 2 rings (SSSR count). The Morgan fingerprint density at radius 3 is 2.88 bits per heavy atom. The number of hydrogen-bond donors (Lipinski definition) is 1. The summed E-state index contributed by atoms with van der Waals surface area (Å²) in [5, 5.41) is 4.62. The molecule has 1 aromatic carbocycles. The van der Waals surface area contributed by atoms with Crippen molar-refractivity contribution in [3.8, 4) is 0 Å². The van der Waals surface area contributed by atoms with Crippen LogP contribution in [0.5, 0.6) is 0 Å². The molecule has 1 atom stereocenters. The van der Waals surface area contributed by atoms with Crippen LogP contribution in [0.4, 0.5) is 0 Å². The van der Waals surface area contributed by atoms with Gasteiger partial charge in [-0.25, -0.2) is 5.06 Å². The minimum atomic E-state index is -0.0734. The van der Waals surface area contributed by atoms with Gasteiger partial charge in [-0.3, -0.25) is 9.63 Å². The zero-order valence-electron chi connectivity index (χ0n) is 10.1. The van der Waals surface area contributed by atoms with E-state index in [-0.39, 0.29) is 11.9 Å². The van der Waals surface area contributed by atoms with Crippen molar-refractivity contribution in [2.24, 2.45) is 0 Å². The fourth-order valence-electron chi connectivity index (χ4n) is 1.94. The van der Waals surface area contributed by atoms with Crippen molar-refractivity contribution in [3.63, 3.8) is 0 Å². The molecule has 0 aliphatic carbocycles. The van der Waals surface area contributed by atoms with Crippen LogP contribution in [0.1, 0.15) is 18.9 Å². The smallest absolute Gasteiger partial charge is 0.263 e. The van der Waals surface area contributed by atoms with Gasteiger partial charge in [-0.15, -0.1) is 0 Å². The number of nitrogens with one attached hydrogen (secondary N) is 1. The summed E-state index contributed by atoms with van der Waals surface area (Å²) in [5.74, 6) is 0.0442. The largest absolute Gasteiger partial charge is 0.306 e. The van der Waals surface area contributed by atoms with Crippen molar-refractivity contribution in [2.45, 2.75) is 26.0 Å². The minimum absolute atomic E-state index is 0.0442. The molecule has 0 bridgehead atoms. The normalized spacial score (nSPS) is 19.9. The van der Waals surface area contributed by atoms with E-state index in [1.165, 1.54) is 5.06 Å². The molecule has 0 radical (unpaired) electrons. The first-order chi connectivity index (χ1) is 8.31. The highest BCUT2D eigenvalue weighted by Gasteiger charge is 2.31. The summed E-state index contributed by atoms with van der Waals surface area (Å²) in [6, 6.07) is 9.80. The fourth-order valence-corrected chi connectivity index (χ4v) is 1.94. The molecule has 1 aromatic rings. The predicted octanol–water partition coefficient (Wildman–Crippen LogP) is 1.33. The van der Waals surface area contributed by atoms with Gasteiger partial charge >= 0.3 is 0 Å². The second-order valence-corrected chi connectivity index (χ2v) is 4.10. The van der Waals surface area contributed by atoms with Gasteiger partial charge in [0.05, 0.1) is 12.6 Å². The molecule has 1 fully saturated rings. The lowest BCUT2D eigenvalue weighted by molar-refractivity contribution is -0.183. The summed E-state index contributed by atoms with van der Waals surface area (Å²) in [6.07, 6.45) is 0.821. The number of nitrogens with zero attached hydrogens (tertiary/aromatic N) is 1. The Hall–Kier alpha value is -1.39. The molecular weight excluding hydrogens is 216 g/mol. The molecule has 4 nitrogen and oxygen atoms in total. The van der Waals surface area contributed by atoms with Crippen LogP contribution in [0, 0.1) is 0 Å². The van der Waals surface area contributed by atoms with Crippen molar-refractivity contribution in [3.05, 3.63) is 35.9 Å². The number of likely N-dealkylation sites (N-methyl/N-ethyl adjacent to an activating group) is 1. The van der Waals surface area contributed by atoms with Crippen LogP contribution in [0.15, 0.2) is 30.3 Å². The van der Waals surface area contributed by atoms with E-state index in [2.05, 4.69) is 5.32 Å². The van der Waals surface area contributed by atoms with Gasteiger partial charge in [0.25, 0.3) is 5.91 Å². The van der Waals surface area contributed by atoms with Crippen LogP contribution >= 0.6 is 0 Å². The number of hydrogen-bond acceptors (Lipinski definition) is 3. The third-order valence-electron chi connectivity index (χ3n) is 2.85. The summed E-state index contributed by atoms with van der Waals surface area (Å²) in [7, 11) is 0. The maximum absolute atomic E-state index is 11.9. The standard InChI is InChI=1S/C13H18N2O2/c1-2-14-12-8-9-15(13(12)16)17-10-11-6-4-3-5-7-11/h3-7,12,14H,2,8-10H2,1H3. The molecule has 0 saturated carbocycles. The SMILES string of the molecule is CCNC1CCN(OCc2ccccc2)C1=O. The number of hydroxylamine groups is 2. The topological polar surface area (TPSA) is 41.6 Å². The molecule has 1 heterocycles. The Morgan fingerprint density at radius 2 is 2.18 bits per heavy atom. The highest BCUT2D eigenvalue weighted by atomic mass is 16.7. The van der Waals surface area contributed by atoms with Gasteiger partial charge in [0.15, 0.2) is 0 Å². The van der Waals surface area contributed by atoms with E-state index < -0.39 is 0 Å². The van der Waals surface area contributed by atoms with Gasteiger partial charge in [-0.2, -0.15) is 0 Å². The average molecular weight is 234 g/mol. The van der Waals surface area contributed by atoms with E-state index in [4.69, 9.17) is 4.84 Å². The molecule has 17 heavy (non-hydrogen) atoms. The molecule has 4 heteroatoms. The molecule has 0 spiro atoms. The van der Waals surface area contributed by atoms with E-state index in [0.717, 1.165) is 18.5 Å². The van der Waals surface area contributed by atoms with Crippen LogP contribution in [-0.4, -0.2) is 30.1 Å². The molecule has 1 N–H and O–H groups in total. The lowest BCUT2D eigenvalue weighted by Crippen LogP contribution is -2.38. The number of carbonyl (C=O) groups excluding carboxylic acids is 1. The van der Waals surface area contributed by atoms with Crippen LogP contribution in [0.3, 0.4) is 0 Å². The molecule has 1 amide bonds. The third kappa shape index (κ3) is 3.05. The number of amides is 1. The average Bonchev–Trinajstić information content (AvgIpc) is 2.70. The zero-order chi connectivity index (χ0) is 12.1. The predicted molar refractivity (Wildman–Crippen MR) is 65.0 cm³/mol. The van der Waals surface area contributed by atoms with E-state index in [9.17, 15) is 4.79 Å². The lowest BCUT2D eigenvalue weighted by Gasteiger charge is -2.16. The maximum atomic E-state index is 11.9. The van der Waals surface area contributed by atoms with Crippen LogP contribution < -0.4 is 5.32 Å². The second kappa shape index (κ2) is 5.80. The summed E-state index contributed by atoms with van der Waals surface area (Å²) in [6.45, 7) is 3.93. The third-order valence-corrected chi connectivity index (χ3v) is 2.85. The first kappa shape index (κ1) is 12.1. The van der Waals surface area contributed by atoms with Crippen molar-refractivity contribution < 1.29 is 9.63 Å². The highest BCUT2D eigenvalue weighted by molar-refractivity contribution is 5.82. The Balaban J connectivity index is 1.83.